The Kier molecular flexibility index (Phi) is 5.77. The summed E-state index contributed by atoms with van der Waals surface area (Å²) >= 11 is 1.22. The molecule has 1 N–H and O–H groups in total. The Labute approximate surface area is 143 Å². The molecule has 1 atom stereocenters. The summed E-state index contributed by atoms with van der Waals surface area (Å²) in [5.74, 6) is -3.21. The molecule has 1 amide bonds. The van der Waals surface area contributed by atoms with Crippen molar-refractivity contribution in [3.8, 4) is 6.07 Å². The van der Waals surface area contributed by atoms with Gasteiger partial charge in [0.1, 0.15) is 5.82 Å². The average Bonchev–Trinajstić information content (AvgIpc) is 2.91. The molecule has 0 aliphatic rings. The van der Waals surface area contributed by atoms with Crippen molar-refractivity contribution in [3.05, 3.63) is 45.7 Å². The van der Waals surface area contributed by atoms with Crippen LogP contribution in [0.25, 0.3) is 0 Å². The van der Waals surface area contributed by atoms with E-state index in [1.54, 1.807) is 13.0 Å². The standard InChI is InChI=1S/C17H16FN3O2S/c1-3-4-14-20-10(2)16(24-14)15(22)13(9-19)17(23)21-12-7-5-11(18)6-8-12/h5-8,13H,3-4H2,1-2H3,(H,21,23). The number of benzene rings is 1. The van der Waals surface area contributed by atoms with Crippen LogP contribution in [-0.4, -0.2) is 16.7 Å². The van der Waals surface area contributed by atoms with Gasteiger partial charge in [-0.3, -0.25) is 9.59 Å². The van der Waals surface area contributed by atoms with Crippen molar-refractivity contribution >= 4 is 28.7 Å². The highest BCUT2D eigenvalue weighted by Gasteiger charge is 2.30. The van der Waals surface area contributed by atoms with Gasteiger partial charge in [0.15, 0.2) is 5.92 Å². The first-order chi connectivity index (χ1) is 11.5. The summed E-state index contributed by atoms with van der Waals surface area (Å²) in [5, 5.41) is 12.5. The molecule has 0 spiro atoms. The third-order valence-electron chi connectivity index (χ3n) is 3.29. The molecule has 0 radical (unpaired) electrons. The number of thiazole rings is 1. The van der Waals surface area contributed by atoms with Crippen LogP contribution >= 0.6 is 11.3 Å². The van der Waals surface area contributed by atoms with Crippen LogP contribution in [0.1, 0.15) is 33.7 Å². The van der Waals surface area contributed by atoms with Crippen LogP contribution in [0.3, 0.4) is 0 Å². The number of nitrogens with zero attached hydrogens (tertiary/aromatic N) is 2. The fourth-order valence-electron chi connectivity index (χ4n) is 2.12. The quantitative estimate of drug-likeness (QED) is 0.641. The third kappa shape index (κ3) is 4.03. The van der Waals surface area contributed by atoms with Crippen molar-refractivity contribution in [1.82, 2.24) is 4.98 Å². The highest BCUT2D eigenvalue weighted by atomic mass is 32.1. The van der Waals surface area contributed by atoms with Gasteiger partial charge in [0.25, 0.3) is 0 Å². The lowest BCUT2D eigenvalue weighted by molar-refractivity contribution is -0.117. The zero-order valence-corrected chi connectivity index (χ0v) is 14.1. The van der Waals surface area contributed by atoms with Crippen molar-refractivity contribution in [2.45, 2.75) is 26.7 Å². The van der Waals surface area contributed by atoms with Crippen molar-refractivity contribution in [1.29, 1.82) is 5.26 Å². The second-order valence-electron chi connectivity index (χ2n) is 5.19. The zero-order chi connectivity index (χ0) is 17.7. The molecule has 0 saturated carbocycles. The van der Waals surface area contributed by atoms with Gasteiger partial charge in [-0.05, 0) is 44.0 Å². The number of nitriles is 1. The van der Waals surface area contributed by atoms with Gasteiger partial charge in [0.2, 0.25) is 11.7 Å². The summed E-state index contributed by atoms with van der Waals surface area (Å²) < 4.78 is 12.9. The summed E-state index contributed by atoms with van der Waals surface area (Å²) in [6, 6.07) is 6.84. The Morgan fingerprint density at radius 2 is 2.04 bits per heavy atom. The molecule has 7 heteroatoms. The van der Waals surface area contributed by atoms with E-state index in [0.29, 0.717) is 16.3 Å². The molecule has 1 unspecified atom stereocenters. The molecule has 1 heterocycles. The monoisotopic (exact) mass is 345 g/mol. The number of nitrogens with one attached hydrogen (secondary N) is 1. The number of aromatic nitrogens is 1. The number of amides is 1. The lowest BCUT2D eigenvalue weighted by Crippen LogP contribution is -2.28. The largest absolute Gasteiger partial charge is 0.325 e. The number of aryl methyl sites for hydroxylation is 2. The number of hydrogen-bond donors (Lipinski definition) is 1. The summed E-state index contributed by atoms with van der Waals surface area (Å²) in [4.78, 5) is 29.4. The number of Topliss-reactive ketones (excluding diaryl/α,β-unsaturated/α-hetero) is 1. The molecule has 0 bridgehead atoms. The first-order valence-corrected chi connectivity index (χ1v) is 8.24. The van der Waals surface area contributed by atoms with Crippen molar-refractivity contribution in [2.75, 3.05) is 5.32 Å². The van der Waals surface area contributed by atoms with E-state index in [4.69, 9.17) is 0 Å². The van der Waals surface area contributed by atoms with E-state index in [2.05, 4.69) is 10.3 Å². The zero-order valence-electron chi connectivity index (χ0n) is 13.3. The molecule has 1 aromatic carbocycles. The summed E-state index contributed by atoms with van der Waals surface area (Å²) in [5.41, 5.74) is 0.852. The smallest absolute Gasteiger partial charge is 0.249 e. The fraction of sp³-hybridized carbons (Fsp3) is 0.294. The third-order valence-corrected chi connectivity index (χ3v) is 4.53. The van der Waals surface area contributed by atoms with Crippen LogP contribution in [-0.2, 0) is 11.2 Å². The molecule has 0 saturated heterocycles. The SMILES string of the molecule is CCCc1nc(C)c(C(=O)C(C#N)C(=O)Nc2ccc(F)cc2)s1. The topological polar surface area (TPSA) is 82.8 Å². The lowest BCUT2D eigenvalue weighted by atomic mass is 10.0. The maximum atomic E-state index is 12.9. The fourth-order valence-corrected chi connectivity index (χ4v) is 3.25. The molecule has 5 nitrogen and oxygen atoms in total. The number of carbonyl (C=O) groups is 2. The average molecular weight is 345 g/mol. The predicted octanol–water partition coefficient (Wildman–Crippen LogP) is 3.50. The van der Waals surface area contributed by atoms with Gasteiger partial charge in [-0.15, -0.1) is 11.3 Å². The second-order valence-corrected chi connectivity index (χ2v) is 6.28. The van der Waals surface area contributed by atoms with Gasteiger partial charge >= 0.3 is 0 Å². The number of carbonyl (C=O) groups excluding carboxylic acids is 2. The van der Waals surface area contributed by atoms with Crippen LogP contribution < -0.4 is 5.32 Å². The second kappa shape index (κ2) is 7.79. The van der Waals surface area contributed by atoms with Gasteiger partial charge < -0.3 is 5.32 Å². The van der Waals surface area contributed by atoms with Crippen molar-refractivity contribution in [2.24, 2.45) is 5.92 Å². The Morgan fingerprint density at radius 3 is 2.62 bits per heavy atom. The minimum atomic E-state index is -1.47. The number of anilines is 1. The van der Waals surface area contributed by atoms with Crippen molar-refractivity contribution < 1.29 is 14.0 Å². The Bertz CT molecular complexity index is 793. The van der Waals surface area contributed by atoms with Gasteiger partial charge in [0.05, 0.1) is 21.6 Å². The molecule has 2 aromatic rings. The summed E-state index contributed by atoms with van der Waals surface area (Å²) in [7, 11) is 0. The summed E-state index contributed by atoms with van der Waals surface area (Å²) in [6.07, 6.45) is 1.64. The van der Waals surface area contributed by atoms with Gasteiger partial charge in [-0.25, -0.2) is 9.37 Å². The molecule has 24 heavy (non-hydrogen) atoms. The molecule has 124 valence electrons. The number of halogens is 1. The van der Waals surface area contributed by atoms with E-state index < -0.39 is 23.4 Å². The van der Waals surface area contributed by atoms with E-state index in [9.17, 15) is 19.2 Å². The first-order valence-electron chi connectivity index (χ1n) is 7.42. The minimum Gasteiger partial charge on any atom is -0.325 e. The van der Waals surface area contributed by atoms with E-state index in [-0.39, 0.29) is 0 Å². The Hall–Kier alpha value is -2.59. The maximum Gasteiger partial charge on any atom is 0.249 e. The van der Waals surface area contributed by atoms with E-state index in [0.717, 1.165) is 17.8 Å². The van der Waals surface area contributed by atoms with Crippen LogP contribution in [0.5, 0.6) is 0 Å². The summed E-state index contributed by atoms with van der Waals surface area (Å²) in [6.45, 7) is 3.70. The molecule has 2 rings (SSSR count). The van der Waals surface area contributed by atoms with Crippen LogP contribution in [0.4, 0.5) is 10.1 Å². The van der Waals surface area contributed by atoms with Crippen LogP contribution in [0, 0.1) is 30.0 Å². The number of hydrogen-bond acceptors (Lipinski definition) is 5. The lowest BCUT2D eigenvalue weighted by Gasteiger charge is -2.09. The Morgan fingerprint density at radius 1 is 1.38 bits per heavy atom. The minimum absolute atomic E-state index is 0.321. The van der Waals surface area contributed by atoms with E-state index >= 15 is 0 Å². The number of ketones is 1. The van der Waals surface area contributed by atoms with Gasteiger partial charge in [-0.2, -0.15) is 5.26 Å². The molecule has 0 fully saturated rings. The van der Waals surface area contributed by atoms with E-state index in [1.165, 1.54) is 35.6 Å². The predicted molar refractivity (Wildman–Crippen MR) is 89.3 cm³/mol. The van der Waals surface area contributed by atoms with Gasteiger partial charge in [-0.1, -0.05) is 6.92 Å². The Balaban J connectivity index is 2.17. The normalized spacial score (nSPS) is 11.6. The highest BCUT2D eigenvalue weighted by molar-refractivity contribution is 7.13. The molecule has 1 aromatic heterocycles. The van der Waals surface area contributed by atoms with Crippen LogP contribution in [0.15, 0.2) is 24.3 Å². The molecule has 0 aliphatic carbocycles. The first kappa shape index (κ1) is 17.8. The number of rotatable bonds is 6. The van der Waals surface area contributed by atoms with Crippen LogP contribution in [0.2, 0.25) is 0 Å². The molecular formula is C17H16FN3O2S. The maximum absolute atomic E-state index is 12.9. The molecular weight excluding hydrogens is 329 g/mol. The highest BCUT2D eigenvalue weighted by Crippen LogP contribution is 2.23. The van der Waals surface area contributed by atoms with Crippen molar-refractivity contribution in [3.63, 3.8) is 0 Å². The molecule has 0 aliphatic heterocycles. The van der Waals surface area contributed by atoms with E-state index in [1.807, 2.05) is 6.92 Å². The van der Waals surface area contributed by atoms with Gasteiger partial charge in [0, 0.05) is 5.69 Å².